The maximum atomic E-state index is 13.7. The van der Waals surface area contributed by atoms with E-state index in [4.69, 9.17) is 19.2 Å². The highest BCUT2D eigenvalue weighted by atomic mass is 16.6. The van der Waals surface area contributed by atoms with Crippen LogP contribution in [0.15, 0.2) is 53.3 Å². The van der Waals surface area contributed by atoms with Gasteiger partial charge >= 0.3 is 6.09 Å². The summed E-state index contributed by atoms with van der Waals surface area (Å²) in [6.07, 6.45) is -1.94. The number of amides is 2. The van der Waals surface area contributed by atoms with E-state index >= 15 is 0 Å². The molecule has 1 aliphatic heterocycles. The Morgan fingerprint density at radius 1 is 0.964 bits per heavy atom. The van der Waals surface area contributed by atoms with E-state index < -0.39 is 18.5 Å². The average molecular weight is 777 g/mol. The average Bonchev–Trinajstić information content (AvgIpc) is 3.57. The molecule has 3 heterocycles. The van der Waals surface area contributed by atoms with Crippen molar-refractivity contribution in [3.05, 3.63) is 86.7 Å². The molecule has 0 fully saturated rings. The van der Waals surface area contributed by atoms with E-state index in [2.05, 4.69) is 5.32 Å². The summed E-state index contributed by atoms with van der Waals surface area (Å²) in [6.45, 7) is 21.0. The minimum absolute atomic E-state index is 0.0756. The SMILES string of the molecule is CC.CC.CC.CCC(=O)Nc1ccc(COC(=O)N(CCc2c3c(nc4ccccc24)-c2cc(C(C)O)c(COC=O)c(=O)n2C3)C(C)C)cc1OC(C)O. The van der Waals surface area contributed by atoms with Gasteiger partial charge in [-0.15, -0.1) is 0 Å². The Morgan fingerprint density at radius 3 is 2.25 bits per heavy atom. The molecule has 56 heavy (non-hydrogen) atoms. The Kier molecular flexibility index (Phi) is 19.2. The smallest absolute Gasteiger partial charge is 0.410 e. The number of aromatic nitrogens is 2. The van der Waals surface area contributed by atoms with Gasteiger partial charge in [-0.25, -0.2) is 9.78 Å². The van der Waals surface area contributed by atoms with Gasteiger partial charge in [-0.1, -0.05) is 72.7 Å². The lowest BCUT2D eigenvalue weighted by Crippen LogP contribution is -2.39. The number of benzene rings is 2. The first kappa shape index (κ1) is 46.9. The maximum Gasteiger partial charge on any atom is 0.410 e. The number of fused-ring (bicyclic) bond motifs is 4. The third-order valence-electron chi connectivity index (χ3n) is 8.61. The summed E-state index contributed by atoms with van der Waals surface area (Å²) >= 11 is 0. The van der Waals surface area contributed by atoms with Crippen LogP contribution in [0, 0.1) is 0 Å². The van der Waals surface area contributed by atoms with Crippen molar-refractivity contribution >= 4 is 35.1 Å². The predicted molar refractivity (Wildman–Crippen MR) is 219 cm³/mol. The lowest BCUT2D eigenvalue weighted by Gasteiger charge is -2.27. The lowest BCUT2D eigenvalue weighted by atomic mass is 9.97. The molecule has 2 aromatic heterocycles. The maximum absolute atomic E-state index is 13.7. The number of carbonyl (C=O) groups is 3. The molecular weight excluding hydrogens is 716 g/mol. The van der Waals surface area contributed by atoms with E-state index in [1.807, 2.05) is 79.7 Å². The highest BCUT2D eigenvalue weighted by molar-refractivity contribution is 5.92. The fourth-order valence-corrected chi connectivity index (χ4v) is 6.14. The van der Waals surface area contributed by atoms with Crippen LogP contribution in [0.25, 0.3) is 22.3 Å². The van der Waals surface area contributed by atoms with Crippen LogP contribution in [0.1, 0.15) is 117 Å². The second-order valence-electron chi connectivity index (χ2n) is 12.4. The van der Waals surface area contributed by atoms with Crippen molar-refractivity contribution in [1.82, 2.24) is 14.5 Å². The zero-order valence-electron chi connectivity index (χ0n) is 34.8. The van der Waals surface area contributed by atoms with Gasteiger partial charge < -0.3 is 39.2 Å². The molecular formula is C43H60N4O9. The van der Waals surface area contributed by atoms with Gasteiger partial charge in [-0.3, -0.25) is 14.4 Å². The zero-order chi connectivity index (χ0) is 42.1. The van der Waals surface area contributed by atoms with Crippen LogP contribution >= 0.6 is 0 Å². The standard InChI is InChI=1S/C37H42N4O9.3C2H6/c1-6-34(45)38-31-12-11-24(15-33(31)50-23(5)44)18-49-37(47)40(21(2)3)14-13-25-26-9-7-8-10-30(26)39-35-28(25)17-41-32(35)16-27(22(4)43)29(36(41)46)19-48-20-42;3*1-2/h7-12,15-16,20-23,43-44H,6,13-14,17-19H2,1-5H3,(H,38,45);3*1-2H3. The number of rotatable bonds is 14. The van der Waals surface area contributed by atoms with Gasteiger partial charge in [0, 0.05) is 30.0 Å². The van der Waals surface area contributed by atoms with E-state index in [1.165, 1.54) is 6.92 Å². The predicted octanol–water partition coefficient (Wildman–Crippen LogP) is 7.89. The van der Waals surface area contributed by atoms with Crippen molar-refractivity contribution in [3.63, 3.8) is 0 Å². The summed E-state index contributed by atoms with van der Waals surface area (Å²) in [5.74, 6) is 0.0350. The molecule has 2 amide bonds. The molecule has 4 aromatic rings. The molecule has 306 valence electrons. The molecule has 2 unspecified atom stereocenters. The summed E-state index contributed by atoms with van der Waals surface area (Å²) in [6, 6.07) is 14.1. The molecule has 0 aliphatic carbocycles. The van der Waals surface area contributed by atoms with Gasteiger partial charge in [0.25, 0.3) is 12.0 Å². The zero-order valence-corrected chi connectivity index (χ0v) is 34.8. The number of ether oxygens (including phenoxy) is 3. The fraction of sp³-hybridized carbons (Fsp3) is 0.465. The number of nitrogens with one attached hydrogen (secondary N) is 1. The summed E-state index contributed by atoms with van der Waals surface area (Å²) in [5.41, 5.74) is 4.86. The number of para-hydroxylation sites is 1. The highest BCUT2D eigenvalue weighted by Crippen LogP contribution is 2.37. The fourth-order valence-electron chi connectivity index (χ4n) is 6.14. The van der Waals surface area contributed by atoms with E-state index in [-0.39, 0.29) is 61.5 Å². The number of hydrogen-bond donors (Lipinski definition) is 3. The molecule has 13 nitrogen and oxygen atoms in total. The summed E-state index contributed by atoms with van der Waals surface area (Å²) < 4.78 is 17.7. The van der Waals surface area contributed by atoms with Crippen molar-refractivity contribution in [2.24, 2.45) is 0 Å². The highest BCUT2D eigenvalue weighted by Gasteiger charge is 2.30. The van der Waals surface area contributed by atoms with Gasteiger partial charge in [0.15, 0.2) is 6.29 Å². The molecule has 5 rings (SSSR count). The Balaban J connectivity index is 0.00000172. The van der Waals surface area contributed by atoms with Crippen molar-refractivity contribution in [2.75, 3.05) is 11.9 Å². The van der Waals surface area contributed by atoms with Crippen LogP contribution in [0.2, 0.25) is 0 Å². The van der Waals surface area contributed by atoms with Crippen LogP contribution in [0.3, 0.4) is 0 Å². The van der Waals surface area contributed by atoms with Gasteiger partial charge in [0.05, 0.1) is 40.8 Å². The number of carbonyl (C=O) groups excluding carboxylic acids is 3. The summed E-state index contributed by atoms with van der Waals surface area (Å²) in [5, 5.41) is 23.9. The van der Waals surface area contributed by atoms with E-state index in [0.29, 0.717) is 41.2 Å². The molecule has 3 N–H and O–H groups in total. The molecule has 2 atom stereocenters. The molecule has 0 spiro atoms. The van der Waals surface area contributed by atoms with Crippen LogP contribution in [-0.2, 0) is 45.2 Å². The van der Waals surface area contributed by atoms with Crippen LogP contribution in [-0.4, -0.2) is 62.0 Å². The Labute approximate surface area is 330 Å². The lowest BCUT2D eigenvalue weighted by molar-refractivity contribution is -0.129. The first-order valence-corrected chi connectivity index (χ1v) is 19.5. The number of hydrogen-bond acceptors (Lipinski definition) is 10. The number of aliphatic hydroxyl groups excluding tert-OH is 2. The number of nitrogens with zero attached hydrogens (tertiary/aromatic N) is 3. The molecule has 1 aliphatic rings. The van der Waals surface area contributed by atoms with Crippen molar-refractivity contribution in [2.45, 2.75) is 127 Å². The number of aliphatic hydroxyl groups is 2. The quantitative estimate of drug-likeness (QED) is 0.0745. The van der Waals surface area contributed by atoms with Gasteiger partial charge in [-0.2, -0.15) is 0 Å². The van der Waals surface area contributed by atoms with Crippen LogP contribution in [0.5, 0.6) is 5.75 Å². The molecule has 0 saturated carbocycles. The van der Waals surface area contributed by atoms with Gasteiger partial charge in [-0.05, 0) is 75.1 Å². The van der Waals surface area contributed by atoms with Crippen LogP contribution in [0.4, 0.5) is 10.5 Å². The molecule has 0 bridgehead atoms. The Hall–Kier alpha value is -5.27. The Bertz CT molecular complexity index is 1970. The molecule has 0 radical (unpaired) electrons. The first-order chi connectivity index (χ1) is 26.9. The van der Waals surface area contributed by atoms with Crippen molar-refractivity contribution in [3.8, 4) is 17.1 Å². The first-order valence-electron chi connectivity index (χ1n) is 19.5. The minimum atomic E-state index is -1.13. The van der Waals surface area contributed by atoms with E-state index in [0.717, 1.165) is 22.0 Å². The number of pyridine rings is 2. The Morgan fingerprint density at radius 2 is 1.64 bits per heavy atom. The third-order valence-corrected chi connectivity index (χ3v) is 8.61. The molecule has 2 aromatic carbocycles. The monoisotopic (exact) mass is 776 g/mol. The largest absolute Gasteiger partial charge is 0.463 e. The van der Waals surface area contributed by atoms with Gasteiger partial charge in [0.1, 0.15) is 19.0 Å². The number of anilines is 1. The second-order valence-corrected chi connectivity index (χ2v) is 12.4. The summed E-state index contributed by atoms with van der Waals surface area (Å²) in [7, 11) is 0. The van der Waals surface area contributed by atoms with Crippen molar-refractivity contribution < 1.29 is 38.8 Å². The molecule has 13 heteroatoms. The topological polar surface area (TPSA) is 170 Å². The molecule has 0 saturated heterocycles. The van der Waals surface area contributed by atoms with E-state index in [1.54, 1.807) is 47.6 Å². The normalized spacial score (nSPS) is 11.9. The third kappa shape index (κ3) is 11.4. The van der Waals surface area contributed by atoms with Crippen LogP contribution < -0.4 is 15.6 Å². The second kappa shape index (κ2) is 23.0. The van der Waals surface area contributed by atoms with Gasteiger partial charge in [0.2, 0.25) is 5.91 Å². The summed E-state index contributed by atoms with van der Waals surface area (Å²) in [4.78, 5) is 56.6. The van der Waals surface area contributed by atoms with E-state index in [9.17, 15) is 29.4 Å². The minimum Gasteiger partial charge on any atom is -0.463 e. The van der Waals surface area contributed by atoms with Crippen molar-refractivity contribution in [1.29, 1.82) is 0 Å².